The second kappa shape index (κ2) is 5.15. The Morgan fingerprint density at radius 3 is 2.56 bits per heavy atom. The zero-order valence-corrected chi connectivity index (χ0v) is 9.98. The van der Waals surface area contributed by atoms with Gasteiger partial charge in [0.1, 0.15) is 0 Å². The summed E-state index contributed by atoms with van der Waals surface area (Å²) in [4.78, 5) is 14.0. The molecule has 0 aromatic carbocycles. The molecular weight excluding hydrogens is 204 g/mol. The lowest BCUT2D eigenvalue weighted by Gasteiger charge is -2.34. The summed E-state index contributed by atoms with van der Waals surface area (Å²) in [5, 5.41) is 12.7. The molecule has 2 heterocycles. The number of rotatable bonds is 2. The number of carbonyl (C=O) groups excluding carboxylic acids is 1. The van der Waals surface area contributed by atoms with Crippen LogP contribution in [-0.2, 0) is 4.79 Å². The van der Waals surface area contributed by atoms with Crippen LogP contribution in [0.5, 0.6) is 0 Å². The number of piperidine rings is 1. The zero-order chi connectivity index (χ0) is 11.5. The summed E-state index contributed by atoms with van der Waals surface area (Å²) in [7, 11) is 0. The fourth-order valence-corrected chi connectivity index (χ4v) is 2.72. The fourth-order valence-electron chi connectivity index (χ4n) is 2.72. The maximum atomic E-state index is 12.1. The quantitative estimate of drug-likeness (QED) is 0.715. The van der Waals surface area contributed by atoms with Crippen LogP contribution in [0.15, 0.2) is 0 Å². The van der Waals surface area contributed by atoms with E-state index in [1.165, 1.54) is 0 Å². The summed E-state index contributed by atoms with van der Waals surface area (Å²) in [6, 6.07) is 0.0584. The van der Waals surface area contributed by atoms with Gasteiger partial charge in [-0.15, -0.1) is 0 Å². The topological polar surface area (TPSA) is 52.6 Å². The molecule has 1 unspecified atom stereocenters. The van der Waals surface area contributed by atoms with E-state index in [4.69, 9.17) is 0 Å². The van der Waals surface area contributed by atoms with Crippen molar-refractivity contribution in [1.82, 2.24) is 10.2 Å². The molecular formula is C12H22N2O2. The summed E-state index contributed by atoms with van der Waals surface area (Å²) >= 11 is 0. The third-order valence-electron chi connectivity index (χ3n) is 3.89. The molecule has 0 aromatic rings. The highest BCUT2D eigenvalue weighted by atomic mass is 16.3. The van der Waals surface area contributed by atoms with Gasteiger partial charge in [0, 0.05) is 13.1 Å². The number of hydrogen-bond acceptors (Lipinski definition) is 3. The second-order valence-electron chi connectivity index (χ2n) is 5.05. The molecule has 0 aromatic heterocycles. The minimum atomic E-state index is -0.234. The van der Waals surface area contributed by atoms with Crippen LogP contribution in [0.4, 0.5) is 0 Å². The first-order valence-corrected chi connectivity index (χ1v) is 6.38. The van der Waals surface area contributed by atoms with Crippen molar-refractivity contribution in [3.63, 3.8) is 0 Å². The molecule has 0 aliphatic carbocycles. The van der Waals surface area contributed by atoms with E-state index in [0.717, 1.165) is 45.3 Å². The first-order valence-electron chi connectivity index (χ1n) is 6.38. The van der Waals surface area contributed by atoms with Crippen molar-refractivity contribution in [2.75, 3.05) is 19.6 Å². The molecule has 0 bridgehead atoms. The molecule has 0 radical (unpaired) electrons. The van der Waals surface area contributed by atoms with Gasteiger partial charge < -0.3 is 15.3 Å². The van der Waals surface area contributed by atoms with Crippen LogP contribution in [0.25, 0.3) is 0 Å². The highest BCUT2D eigenvalue weighted by Crippen LogP contribution is 2.21. The van der Waals surface area contributed by atoms with Crippen LogP contribution in [0, 0.1) is 5.92 Å². The summed E-state index contributed by atoms with van der Waals surface area (Å²) in [6.07, 6.45) is 3.74. The van der Waals surface area contributed by atoms with Crippen LogP contribution in [0.1, 0.15) is 32.6 Å². The number of nitrogens with one attached hydrogen (secondary N) is 1. The minimum Gasteiger partial charge on any atom is -0.393 e. The molecule has 2 fully saturated rings. The second-order valence-corrected chi connectivity index (χ2v) is 5.05. The summed E-state index contributed by atoms with van der Waals surface area (Å²) in [6.45, 7) is 4.44. The predicted molar refractivity (Wildman–Crippen MR) is 62.0 cm³/mol. The number of aliphatic hydroxyl groups excluding tert-OH is 1. The van der Waals surface area contributed by atoms with Gasteiger partial charge in [0.05, 0.1) is 12.1 Å². The van der Waals surface area contributed by atoms with Crippen molar-refractivity contribution >= 4 is 5.91 Å². The molecule has 0 saturated carbocycles. The van der Waals surface area contributed by atoms with E-state index in [2.05, 4.69) is 5.32 Å². The summed E-state index contributed by atoms with van der Waals surface area (Å²) in [5.74, 6) is 0.641. The third kappa shape index (κ3) is 2.55. The van der Waals surface area contributed by atoms with Crippen LogP contribution in [0.2, 0.25) is 0 Å². The SMILES string of the molecule is CC(O)C1CCN(C(=O)[C@H]2CCCN2)CC1. The molecule has 2 saturated heterocycles. The number of likely N-dealkylation sites (tertiary alicyclic amines) is 1. The van der Waals surface area contributed by atoms with Crippen molar-refractivity contribution in [3.8, 4) is 0 Å². The van der Waals surface area contributed by atoms with Crippen LogP contribution < -0.4 is 5.32 Å². The zero-order valence-electron chi connectivity index (χ0n) is 9.98. The van der Waals surface area contributed by atoms with Gasteiger partial charge in [0.15, 0.2) is 0 Å². The molecule has 16 heavy (non-hydrogen) atoms. The monoisotopic (exact) mass is 226 g/mol. The number of carbonyl (C=O) groups is 1. The van der Waals surface area contributed by atoms with E-state index < -0.39 is 0 Å². The maximum Gasteiger partial charge on any atom is 0.239 e. The van der Waals surface area contributed by atoms with E-state index in [9.17, 15) is 9.90 Å². The molecule has 4 nitrogen and oxygen atoms in total. The van der Waals surface area contributed by atoms with E-state index in [1.807, 2.05) is 11.8 Å². The third-order valence-corrected chi connectivity index (χ3v) is 3.89. The van der Waals surface area contributed by atoms with Gasteiger partial charge in [-0.25, -0.2) is 0 Å². The van der Waals surface area contributed by atoms with E-state index in [1.54, 1.807) is 0 Å². The Bertz CT molecular complexity index is 241. The average Bonchev–Trinajstić information content (AvgIpc) is 2.81. The van der Waals surface area contributed by atoms with Crippen molar-refractivity contribution in [2.24, 2.45) is 5.92 Å². The Morgan fingerprint density at radius 1 is 1.38 bits per heavy atom. The Kier molecular flexibility index (Phi) is 3.82. The maximum absolute atomic E-state index is 12.1. The number of hydrogen-bond donors (Lipinski definition) is 2. The van der Waals surface area contributed by atoms with Gasteiger partial charge in [0.25, 0.3) is 0 Å². The van der Waals surface area contributed by atoms with Gasteiger partial charge in [-0.05, 0) is 45.1 Å². The average molecular weight is 226 g/mol. The Balaban J connectivity index is 1.81. The molecule has 2 N–H and O–H groups in total. The fraction of sp³-hybridized carbons (Fsp3) is 0.917. The summed E-state index contributed by atoms with van der Waals surface area (Å²) < 4.78 is 0. The highest BCUT2D eigenvalue weighted by molar-refractivity contribution is 5.82. The van der Waals surface area contributed by atoms with Gasteiger partial charge in [0.2, 0.25) is 5.91 Å². The van der Waals surface area contributed by atoms with Gasteiger partial charge in [-0.3, -0.25) is 4.79 Å². The van der Waals surface area contributed by atoms with Crippen LogP contribution in [0.3, 0.4) is 0 Å². The van der Waals surface area contributed by atoms with Gasteiger partial charge >= 0.3 is 0 Å². The summed E-state index contributed by atoms with van der Waals surface area (Å²) in [5.41, 5.74) is 0. The van der Waals surface area contributed by atoms with E-state index >= 15 is 0 Å². The van der Waals surface area contributed by atoms with Gasteiger partial charge in [-0.2, -0.15) is 0 Å². The molecule has 92 valence electrons. The van der Waals surface area contributed by atoms with Gasteiger partial charge in [-0.1, -0.05) is 0 Å². The first kappa shape index (κ1) is 11.9. The highest BCUT2D eigenvalue weighted by Gasteiger charge is 2.30. The number of nitrogens with zero attached hydrogens (tertiary/aromatic N) is 1. The lowest BCUT2D eigenvalue weighted by Crippen LogP contribution is -2.47. The largest absolute Gasteiger partial charge is 0.393 e. The number of amides is 1. The van der Waals surface area contributed by atoms with Crippen molar-refractivity contribution in [1.29, 1.82) is 0 Å². The first-order chi connectivity index (χ1) is 7.68. The lowest BCUT2D eigenvalue weighted by molar-refractivity contribution is -0.135. The molecule has 2 atom stereocenters. The molecule has 0 spiro atoms. The molecule has 2 aliphatic rings. The Labute approximate surface area is 97.0 Å². The van der Waals surface area contributed by atoms with E-state index in [-0.39, 0.29) is 18.1 Å². The molecule has 2 aliphatic heterocycles. The van der Waals surface area contributed by atoms with Crippen molar-refractivity contribution in [3.05, 3.63) is 0 Å². The minimum absolute atomic E-state index is 0.0584. The molecule has 1 amide bonds. The Morgan fingerprint density at radius 2 is 2.06 bits per heavy atom. The van der Waals surface area contributed by atoms with Crippen molar-refractivity contribution in [2.45, 2.75) is 44.8 Å². The normalized spacial score (nSPS) is 29.4. The van der Waals surface area contributed by atoms with Crippen LogP contribution in [-0.4, -0.2) is 47.7 Å². The predicted octanol–water partition coefficient (Wildman–Crippen LogP) is 0.358. The Hall–Kier alpha value is -0.610. The van der Waals surface area contributed by atoms with Crippen LogP contribution >= 0.6 is 0 Å². The van der Waals surface area contributed by atoms with Crippen molar-refractivity contribution < 1.29 is 9.90 Å². The smallest absolute Gasteiger partial charge is 0.239 e. The molecule has 4 heteroatoms. The van der Waals surface area contributed by atoms with E-state index in [0.29, 0.717) is 5.92 Å². The lowest BCUT2D eigenvalue weighted by atomic mass is 9.92. The molecule has 2 rings (SSSR count). The number of aliphatic hydroxyl groups is 1. The standard InChI is InChI=1S/C12H22N2O2/c1-9(15)10-4-7-14(8-5-10)12(16)11-3-2-6-13-11/h9-11,13,15H,2-8H2,1H3/t9?,11-/m1/s1.